The maximum absolute atomic E-state index is 12.3. The Labute approximate surface area is 169 Å². The summed E-state index contributed by atoms with van der Waals surface area (Å²) in [6.07, 6.45) is 0. The van der Waals surface area contributed by atoms with E-state index in [1.807, 2.05) is 37.3 Å². The van der Waals surface area contributed by atoms with Crippen molar-refractivity contribution in [2.45, 2.75) is 26.9 Å². The number of halogens is 1. The molecule has 0 saturated carbocycles. The van der Waals surface area contributed by atoms with Crippen LogP contribution in [-0.4, -0.2) is 35.1 Å². The van der Waals surface area contributed by atoms with Crippen LogP contribution in [0.3, 0.4) is 0 Å². The maximum Gasteiger partial charge on any atom is 0.258 e. The maximum atomic E-state index is 12.3. The van der Waals surface area contributed by atoms with Gasteiger partial charge in [-0.1, -0.05) is 30.7 Å². The Bertz CT molecular complexity index is 1020. The SMILES string of the molecule is CCOc1cc(CN(CC)Cc2nc3ccccc3c(=O)[nH]2)cc(Cl)c1OC. The van der Waals surface area contributed by atoms with Crippen LogP contribution in [0.5, 0.6) is 11.5 Å². The normalized spacial score (nSPS) is 11.2. The predicted molar refractivity (Wildman–Crippen MR) is 111 cm³/mol. The molecule has 28 heavy (non-hydrogen) atoms. The minimum absolute atomic E-state index is 0.122. The van der Waals surface area contributed by atoms with Crippen LogP contribution >= 0.6 is 11.6 Å². The number of hydrogen-bond donors (Lipinski definition) is 1. The van der Waals surface area contributed by atoms with E-state index in [1.54, 1.807) is 13.2 Å². The fourth-order valence-corrected chi connectivity index (χ4v) is 3.44. The zero-order chi connectivity index (χ0) is 20.1. The Morgan fingerprint density at radius 3 is 2.68 bits per heavy atom. The summed E-state index contributed by atoms with van der Waals surface area (Å²) in [6.45, 7) is 6.44. The van der Waals surface area contributed by atoms with Gasteiger partial charge in [0.25, 0.3) is 5.56 Å². The number of aromatic nitrogens is 2. The number of H-pyrrole nitrogens is 1. The lowest BCUT2D eigenvalue weighted by atomic mass is 10.1. The van der Waals surface area contributed by atoms with Crippen molar-refractivity contribution in [3.8, 4) is 11.5 Å². The Morgan fingerprint density at radius 2 is 1.96 bits per heavy atom. The lowest BCUT2D eigenvalue weighted by Gasteiger charge is -2.21. The summed E-state index contributed by atoms with van der Waals surface area (Å²) in [7, 11) is 1.57. The van der Waals surface area contributed by atoms with E-state index >= 15 is 0 Å². The van der Waals surface area contributed by atoms with Gasteiger partial charge in [-0.15, -0.1) is 0 Å². The van der Waals surface area contributed by atoms with Crippen molar-refractivity contribution in [2.75, 3.05) is 20.3 Å². The largest absolute Gasteiger partial charge is 0.491 e. The molecule has 0 amide bonds. The average Bonchev–Trinajstić information content (AvgIpc) is 2.67. The highest BCUT2D eigenvalue weighted by Crippen LogP contribution is 2.36. The number of ether oxygens (including phenoxy) is 2. The topological polar surface area (TPSA) is 67.5 Å². The number of nitrogens with zero attached hydrogens (tertiary/aromatic N) is 2. The summed E-state index contributed by atoms with van der Waals surface area (Å²) in [5, 5.41) is 1.11. The van der Waals surface area contributed by atoms with Crippen molar-refractivity contribution in [3.05, 3.63) is 63.2 Å². The molecule has 2 aromatic carbocycles. The van der Waals surface area contributed by atoms with Crippen molar-refractivity contribution in [3.63, 3.8) is 0 Å². The van der Waals surface area contributed by atoms with Crippen molar-refractivity contribution in [1.82, 2.24) is 14.9 Å². The van der Waals surface area contributed by atoms with Gasteiger partial charge in [0, 0.05) is 6.54 Å². The first-order valence-electron chi connectivity index (χ1n) is 9.25. The second kappa shape index (κ2) is 9.08. The summed E-state index contributed by atoms with van der Waals surface area (Å²) >= 11 is 6.36. The second-order valence-corrected chi connectivity index (χ2v) is 6.78. The molecule has 0 saturated heterocycles. The zero-order valence-corrected chi connectivity index (χ0v) is 17.0. The number of benzene rings is 2. The van der Waals surface area contributed by atoms with E-state index in [-0.39, 0.29) is 5.56 Å². The van der Waals surface area contributed by atoms with Gasteiger partial charge in [0.2, 0.25) is 0 Å². The molecule has 0 unspecified atom stereocenters. The molecule has 0 aliphatic carbocycles. The number of nitrogens with one attached hydrogen (secondary N) is 1. The minimum atomic E-state index is -0.122. The molecule has 0 atom stereocenters. The first kappa shape index (κ1) is 20.2. The summed E-state index contributed by atoms with van der Waals surface area (Å²) < 4.78 is 11.0. The number of rotatable bonds is 8. The highest BCUT2D eigenvalue weighted by Gasteiger charge is 2.14. The molecule has 148 valence electrons. The van der Waals surface area contributed by atoms with E-state index in [0.717, 1.165) is 12.1 Å². The van der Waals surface area contributed by atoms with Gasteiger partial charge in [0.1, 0.15) is 5.82 Å². The van der Waals surface area contributed by atoms with Gasteiger partial charge in [-0.05, 0) is 43.3 Å². The van der Waals surface area contributed by atoms with Gasteiger partial charge in [-0.3, -0.25) is 9.69 Å². The number of aromatic amines is 1. The monoisotopic (exact) mass is 401 g/mol. The quantitative estimate of drug-likeness (QED) is 0.617. The molecular weight excluding hydrogens is 378 g/mol. The number of hydrogen-bond acceptors (Lipinski definition) is 5. The highest BCUT2D eigenvalue weighted by molar-refractivity contribution is 6.32. The van der Waals surface area contributed by atoms with E-state index in [9.17, 15) is 4.79 Å². The Kier molecular flexibility index (Phi) is 6.54. The predicted octanol–water partition coefficient (Wildman–Crippen LogP) is 4.01. The van der Waals surface area contributed by atoms with E-state index in [4.69, 9.17) is 21.1 Å². The average molecular weight is 402 g/mol. The lowest BCUT2D eigenvalue weighted by Crippen LogP contribution is -2.25. The van der Waals surface area contributed by atoms with E-state index in [2.05, 4.69) is 21.8 Å². The van der Waals surface area contributed by atoms with Crippen LogP contribution in [0, 0.1) is 0 Å². The van der Waals surface area contributed by atoms with Gasteiger partial charge in [0.15, 0.2) is 11.5 Å². The molecule has 0 bridgehead atoms. The summed E-state index contributed by atoms with van der Waals surface area (Å²) in [4.78, 5) is 21.9. The first-order valence-corrected chi connectivity index (χ1v) is 9.63. The van der Waals surface area contributed by atoms with Crippen LogP contribution in [0.25, 0.3) is 10.9 Å². The molecule has 0 aliphatic heterocycles. The van der Waals surface area contributed by atoms with Crippen LogP contribution in [0.4, 0.5) is 0 Å². The minimum Gasteiger partial charge on any atom is -0.491 e. The van der Waals surface area contributed by atoms with E-state index in [1.165, 1.54) is 0 Å². The second-order valence-electron chi connectivity index (χ2n) is 6.38. The molecule has 1 heterocycles. The summed E-state index contributed by atoms with van der Waals surface area (Å²) in [5.41, 5.74) is 1.57. The van der Waals surface area contributed by atoms with Crippen molar-refractivity contribution in [2.24, 2.45) is 0 Å². The number of para-hydroxylation sites is 1. The van der Waals surface area contributed by atoms with E-state index < -0.39 is 0 Å². The van der Waals surface area contributed by atoms with E-state index in [0.29, 0.717) is 52.9 Å². The third-order valence-electron chi connectivity index (χ3n) is 4.46. The van der Waals surface area contributed by atoms with Crippen LogP contribution in [0.1, 0.15) is 25.2 Å². The van der Waals surface area contributed by atoms with Crippen LogP contribution < -0.4 is 15.0 Å². The van der Waals surface area contributed by atoms with Gasteiger partial charge >= 0.3 is 0 Å². The molecule has 0 fully saturated rings. The summed E-state index contributed by atoms with van der Waals surface area (Å²) in [6, 6.07) is 11.2. The molecule has 0 aliphatic rings. The Hall–Kier alpha value is -2.57. The van der Waals surface area contributed by atoms with Gasteiger partial charge in [0.05, 0.1) is 36.2 Å². The zero-order valence-electron chi connectivity index (χ0n) is 16.3. The van der Waals surface area contributed by atoms with Crippen LogP contribution in [0.2, 0.25) is 5.02 Å². The first-order chi connectivity index (χ1) is 13.5. The molecular formula is C21H24ClN3O3. The van der Waals surface area contributed by atoms with Gasteiger partial charge in [-0.25, -0.2) is 4.98 Å². The molecule has 0 radical (unpaired) electrons. The van der Waals surface area contributed by atoms with Gasteiger partial charge in [-0.2, -0.15) is 0 Å². The molecule has 3 aromatic rings. The van der Waals surface area contributed by atoms with Crippen LogP contribution in [-0.2, 0) is 13.1 Å². The highest BCUT2D eigenvalue weighted by atomic mass is 35.5. The molecule has 3 rings (SSSR count). The number of fused-ring (bicyclic) bond motifs is 1. The third-order valence-corrected chi connectivity index (χ3v) is 4.74. The Morgan fingerprint density at radius 1 is 1.18 bits per heavy atom. The molecule has 1 aromatic heterocycles. The summed E-state index contributed by atoms with van der Waals surface area (Å²) in [5.74, 6) is 1.80. The molecule has 6 nitrogen and oxygen atoms in total. The van der Waals surface area contributed by atoms with Crippen molar-refractivity contribution < 1.29 is 9.47 Å². The standard InChI is InChI=1S/C21H24ClN3O3/c1-4-25(12-14-10-16(22)20(27-3)18(11-14)28-5-2)13-19-23-17-9-7-6-8-15(17)21(26)24-19/h6-11H,4-5,12-13H2,1-3H3,(H,23,24,26). The van der Waals surface area contributed by atoms with Crippen LogP contribution in [0.15, 0.2) is 41.2 Å². The smallest absolute Gasteiger partial charge is 0.258 e. The van der Waals surface area contributed by atoms with Crippen molar-refractivity contribution in [1.29, 1.82) is 0 Å². The lowest BCUT2D eigenvalue weighted by molar-refractivity contribution is 0.263. The molecule has 0 spiro atoms. The Balaban J connectivity index is 1.84. The fourth-order valence-electron chi connectivity index (χ4n) is 3.13. The molecule has 1 N–H and O–H groups in total. The molecule has 7 heteroatoms. The number of methoxy groups -OCH3 is 1. The van der Waals surface area contributed by atoms with Gasteiger partial charge < -0.3 is 14.5 Å². The van der Waals surface area contributed by atoms with Crippen molar-refractivity contribution >= 4 is 22.5 Å². The fraction of sp³-hybridized carbons (Fsp3) is 0.333. The third kappa shape index (κ3) is 4.46.